The van der Waals surface area contributed by atoms with Gasteiger partial charge in [-0.05, 0) is 37.0 Å². The number of carbonyl (C=O) groups is 1. The summed E-state index contributed by atoms with van der Waals surface area (Å²) in [5.41, 5.74) is 1.17. The molecule has 24 heavy (non-hydrogen) atoms. The number of nitrogens with one attached hydrogen (secondary N) is 1. The van der Waals surface area contributed by atoms with E-state index in [1.807, 2.05) is 12.1 Å². The summed E-state index contributed by atoms with van der Waals surface area (Å²) in [6, 6.07) is 11.0. The van der Waals surface area contributed by atoms with Crippen molar-refractivity contribution in [2.75, 3.05) is 13.2 Å². The maximum absolute atomic E-state index is 12.0. The molecule has 1 N–H and O–H groups in total. The standard InChI is InChI=1S/C19H25N3O2/c20-10-3-4-11-24-16-7-5-6-15(12-16)13-22-14-19(23)21-17-8-1-2-9-18(17)22/h5-7,12,17-18H,1-4,8-9,11,13-14H2,(H,21,23)/t17-,18-/m0/s1. The highest BCUT2D eigenvalue weighted by Crippen LogP contribution is 2.27. The van der Waals surface area contributed by atoms with E-state index in [9.17, 15) is 4.79 Å². The van der Waals surface area contributed by atoms with Crippen molar-refractivity contribution < 1.29 is 9.53 Å². The lowest BCUT2D eigenvalue weighted by molar-refractivity contribution is -0.128. The molecule has 0 radical (unpaired) electrons. The summed E-state index contributed by atoms with van der Waals surface area (Å²) in [6.07, 6.45) is 5.98. The van der Waals surface area contributed by atoms with Crippen LogP contribution in [0.3, 0.4) is 0 Å². The van der Waals surface area contributed by atoms with Gasteiger partial charge in [0.25, 0.3) is 0 Å². The Balaban J connectivity index is 1.62. The van der Waals surface area contributed by atoms with Crippen LogP contribution in [-0.4, -0.2) is 36.0 Å². The Hall–Kier alpha value is -2.06. The number of benzene rings is 1. The molecule has 1 aromatic rings. The van der Waals surface area contributed by atoms with Crippen molar-refractivity contribution in [3.05, 3.63) is 29.8 Å². The Bertz CT molecular complexity index is 611. The Morgan fingerprint density at radius 3 is 3.08 bits per heavy atom. The predicted molar refractivity (Wildman–Crippen MR) is 91.4 cm³/mol. The molecule has 1 aliphatic heterocycles. The van der Waals surface area contributed by atoms with Gasteiger partial charge in [0.05, 0.1) is 19.2 Å². The Morgan fingerprint density at radius 1 is 1.33 bits per heavy atom. The van der Waals surface area contributed by atoms with E-state index in [0.29, 0.717) is 31.7 Å². The van der Waals surface area contributed by atoms with E-state index in [0.717, 1.165) is 31.6 Å². The number of fused-ring (bicyclic) bond motifs is 1. The van der Waals surface area contributed by atoms with Crippen LogP contribution >= 0.6 is 0 Å². The van der Waals surface area contributed by atoms with Crippen LogP contribution in [0, 0.1) is 11.3 Å². The molecule has 1 aliphatic carbocycles. The predicted octanol–water partition coefficient (Wildman–Crippen LogP) is 2.61. The number of nitrogens with zero attached hydrogens (tertiary/aromatic N) is 2. The summed E-state index contributed by atoms with van der Waals surface area (Å²) in [7, 11) is 0. The molecule has 0 aromatic heterocycles. The van der Waals surface area contributed by atoms with E-state index in [1.54, 1.807) is 0 Å². The first-order chi connectivity index (χ1) is 11.8. The van der Waals surface area contributed by atoms with Crippen molar-refractivity contribution in [1.82, 2.24) is 10.2 Å². The van der Waals surface area contributed by atoms with Crippen LogP contribution in [0.5, 0.6) is 5.75 Å². The lowest BCUT2D eigenvalue weighted by atomic mass is 9.87. The number of unbranched alkanes of at least 4 members (excludes halogenated alkanes) is 1. The molecule has 128 valence electrons. The van der Waals surface area contributed by atoms with Gasteiger partial charge >= 0.3 is 0 Å². The van der Waals surface area contributed by atoms with Gasteiger partial charge in [-0.15, -0.1) is 0 Å². The molecule has 0 unspecified atom stereocenters. The summed E-state index contributed by atoms with van der Waals surface area (Å²) >= 11 is 0. The van der Waals surface area contributed by atoms with E-state index < -0.39 is 0 Å². The molecule has 1 aromatic carbocycles. The monoisotopic (exact) mass is 327 g/mol. The molecule has 3 rings (SSSR count). The third-order valence-corrected chi connectivity index (χ3v) is 4.88. The zero-order valence-electron chi connectivity index (χ0n) is 14.0. The number of rotatable bonds is 6. The average molecular weight is 327 g/mol. The van der Waals surface area contributed by atoms with E-state index in [-0.39, 0.29) is 5.91 Å². The minimum absolute atomic E-state index is 0.141. The fourth-order valence-corrected chi connectivity index (χ4v) is 3.75. The van der Waals surface area contributed by atoms with Gasteiger partial charge in [0.1, 0.15) is 5.75 Å². The number of amides is 1. The van der Waals surface area contributed by atoms with Gasteiger partial charge in [-0.2, -0.15) is 5.26 Å². The largest absolute Gasteiger partial charge is 0.494 e. The fraction of sp³-hybridized carbons (Fsp3) is 0.579. The molecule has 5 heteroatoms. The number of ether oxygens (including phenoxy) is 1. The number of hydrogen-bond donors (Lipinski definition) is 1. The molecular weight excluding hydrogens is 302 g/mol. The topological polar surface area (TPSA) is 65.4 Å². The average Bonchev–Trinajstić information content (AvgIpc) is 2.59. The minimum Gasteiger partial charge on any atom is -0.494 e. The van der Waals surface area contributed by atoms with Crippen molar-refractivity contribution in [3.63, 3.8) is 0 Å². The van der Waals surface area contributed by atoms with E-state index >= 15 is 0 Å². The molecular formula is C19H25N3O2. The van der Waals surface area contributed by atoms with E-state index in [1.165, 1.54) is 18.4 Å². The van der Waals surface area contributed by atoms with Crippen molar-refractivity contribution in [2.24, 2.45) is 0 Å². The van der Waals surface area contributed by atoms with Gasteiger partial charge < -0.3 is 10.1 Å². The molecule has 2 aliphatic rings. The van der Waals surface area contributed by atoms with Crippen molar-refractivity contribution >= 4 is 5.91 Å². The first-order valence-electron chi connectivity index (χ1n) is 8.88. The first-order valence-corrected chi connectivity index (χ1v) is 8.88. The summed E-state index contributed by atoms with van der Waals surface area (Å²) in [6.45, 7) is 1.83. The zero-order valence-corrected chi connectivity index (χ0v) is 14.0. The minimum atomic E-state index is 0.141. The third-order valence-electron chi connectivity index (χ3n) is 4.88. The quantitative estimate of drug-likeness (QED) is 0.816. The van der Waals surface area contributed by atoms with Crippen LogP contribution < -0.4 is 10.1 Å². The van der Waals surface area contributed by atoms with Gasteiger partial charge in [-0.3, -0.25) is 9.69 Å². The van der Waals surface area contributed by atoms with Crippen molar-refractivity contribution in [3.8, 4) is 11.8 Å². The highest BCUT2D eigenvalue weighted by Gasteiger charge is 2.36. The molecule has 1 saturated heterocycles. The van der Waals surface area contributed by atoms with Gasteiger partial charge in [0.2, 0.25) is 5.91 Å². The molecule has 2 fully saturated rings. The Kier molecular flexibility index (Phi) is 5.71. The maximum Gasteiger partial charge on any atom is 0.234 e. The van der Waals surface area contributed by atoms with Crippen LogP contribution in [0.15, 0.2) is 24.3 Å². The Labute approximate surface area is 143 Å². The molecule has 1 amide bonds. The van der Waals surface area contributed by atoms with Gasteiger partial charge in [-0.25, -0.2) is 0 Å². The molecule has 0 spiro atoms. The molecule has 0 bridgehead atoms. The van der Waals surface area contributed by atoms with Crippen LogP contribution in [-0.2, 0) is 11.3 Å². The van der Waals surface area contributed by atoms with Crippen LogP contribution in [0.1, 0.15) is 44.1 Å². The highest BCUT2D eigenvalue weighted by molar-refractivity contribution is 5.79. The lowest BCUT2D eigenvalue weighted by Crippen LogP contribution is -2.61. The van der Waals surface area contributed by atoms with Gasteiger partial charge in [0, 0.05) is 25.0 Å². The zero-order chi connectivity index (χ0) is 16.8. The molecule has 5 nitrogen and oxygen atoms in total. The number of nitriles is 1. The SMILES string of the molecule is N#CCCCOc1cccc(CN2CC(=O)N[C@H]3CCCC[C@@H]32)c1. The normalized spacial score (nSPS) is 23.9. The van der Waals surface area contributed by atoms with Crippen molar-refractivity contribution in [2.45, 2.75) is 57.2 Å². The summed E-state index contributed by atoms with van der Waals surface area (Å²) in [4.78, 5) is 14.3. The molecule has 2 atom stereocenters. The second-order valence-corrected chi connectivity index (χ2v) is 6.69. The second-order valence-electron chi connectivity index (χ2n) is 6.69. The Morgan fingerprint density at radius 2 is 2.21 bits per heavy atom. The summed E-state index contributed by atoms with van der Waals surface area (Å²) < 4.78 is 5.72. The summed E-state index contributed by atoms with van der Waals surface area (Å²) in [5.74, 6) is 0.981. The number of hydrogen-bond acceptors (Lipinski definition) is 4. The van der Waals surface area contributed by atoms with Gasteiger partial charge in [0.15, 0.2) is 0 Å². The number of carbonyl (C=O) groups excluding carboxylic acids is 1. The second kappa shape index (κ2) is 8.16. The molecule has 1 heterocycles. The van der Waals surface area contributed by atoms with E-state index in [4.69, 9.17) is 10.00 Å². The third kappa shape index (κ3) is 4.27. The van der Waals surface area contributed by atoms with Gasteiger partial charge in [-0.1, -0.05) is 25.0 Å². The molecule has 1 saturated carbocycles. The van der Waals surface area contributed by atoms with E-state index in [2.05, 4.69) is 28.4 Å². The van der Waals surface area contributed by atoms with Crippen LogP contribution in [0.4, 0.5) is 0 Å². The smallest absolute Gasteiger partial charge is 0.234 e. The van der Waals surface area contributed by atoms with Crippen LogP contribution in [0.25, 0.3) is 0 Å². The van der Waals surface area contributed by atoms with Crippen LogP contribution in [0.2, 0.25) is 0 Å². The van der Waals surface area contributed by atoms with Crippen molar-refractivity contribution in [1.29, 1.82) is 5.26 Å². The number of piperazine rings is 1. The lowest BCUT2D eigenvalue weighted by Gasteiger charge is -2.44. The summed E-state index contributed by atoms with van der Waals surface area (Å²) in [5, 5.41) is 11.7. The fourth-order valence-electron chi connectivity index (χ4n) is 3.75. The first kappa shape index (κ1) is 16.8. The maximum atomic E-state index is 12.0. The highest BCUT2D eigenvalue weighted by atomic mass is 16.5.